The maximum Gasteiger partial charge on any atom is 0.306 e. The van der Waals surface area contributed by atoms with Crippen molar-refractivity contribution in [1.82, 2.24) is 10.3 Å². The quantitative estimate of drug-likeness (QED) is 0.658. The smallest absolute Gasteiger partial charge is 0.306 e. The normalized spacial score (nSPS) is 14.4. The Labute approximate surface area is 94.1 Å². The highest BCUT2D eigenvalue weighted by Gasteiger charge is 2.11. The summed E-state index contributed by atoms with van der Waals surface area (Å²) in [6.45, 7) is 2.19. The van der Waals surface area contributed by atoms with Crippen molar-refractivity contribution in [2.75, 3.05) is 6.54 Å². The molecule has 3 N–H and O–H groups in total. The molecule has 1 aromatic rings. The molecule has 1 rings (SSSR count). The molecule has 16 heavy (non-hydrogen) atoms. The monoisotopic (exact) mass is 224 g/mol. The lowest BCUT2D eigenvalue weighted by Gasteiger charge is -2.16. The molecule has 0 aromatic carbocycles. The number of carbonyl (C=O) groups is 1. The molecule has 0 spiro atoms. The molecule has 2 atom stereocenters. The Balaban J connectivity index is 2.35. The number of nitrogens with one attached hydrogen (secondary N) is 1. The maximum atomic E-state index is 10.3. The van der Waals surface area contributed by atoms with E-state index in [2.05, 4.69) is 10.3 Å². The fourth-order valence-electron chi connectivity index (χ4n) is 1.34. The van der Waals surface area contributed by atoms with Crippen molar-refractivity contribution in [2.24, 2.45) is 0 Å². The van der Waals surface area contributed by atoms with Gasteiger partial charge >= 0.3 is 5.97 Å². The highest BCUT2D eigenvalue weighted by atomic mass is 16.4. The van der Waals surface area contributed by atoms with Gasteiger partial charge in [-0.1, -0.05) is 6.07 Å². The first-order valence-corrected chi connectivity index (χ1v) is 5.12. The standard InChI is InChI=1S/C11H16N2O3/c1-8(9-3-2-4-12-6-9)13-7-10(14)5-11(15)16/h2-4,6,8,10,13-14H,5,7H2,1H3,(H,15,16)/t8-,10?/m1/s1. The van der Waals surface area contributed by atoms with Crippen molar-refractivity contribution in [1.29, 1.82) is 0 Å². The molecule has 0 saturated carbocycles. The van der Waals surface area contributed by atoms with Crippen LogP contribution < -0.4 is 5.32 Å². The molecule has 0 fully saturated rings. The van der Waals surface area contributed by atoms with E-state index in [1.165, 1.54) is 0 Å². The fourth-order valence-corrected chi connectivity index (χ4v) is 1.34. The summed E-state index contributed by atoms with van der Waals surface area (Å²) in [5.41, 5.74) is 1.00. The summed E-state index contributed by atoms with van der Waals surface area (Å²) < 4.78 is 0. The molecule has 0 saturated heterocycles. The molecular formula is C11H16N2O3. The average Bonchev–Trinajstić information content (AvgIpc) is 2.26. The molecule has 1 unspecified atom stereocenters. The van der Waals surface area contributed by atoms with Gasteiger partial charge in [-0.05, 0) is 18.6 Å². The first-order chi connectivity index (χ1) is 7.59. The third-order valence-corrected chi connectivity index (χ3v) is 2.25. The lowest BCUT2D eigenvalue weighted by Crippen LogP contribution is -2.30. The third kappa shape index (κ3) is 4.37. The van der Waals surface area contributed by atoms with Crippen molar-refractivity contribution in [3.8, 4) is 0 Å². The average molecular weight is 224 g/mol. The first kappa shape index (κ1) is 12.6. The molecule has 88 valence electrons. The summed E-state index contributed by atoms with van der Waals surface area (Å²) in [4.78, 5) is 14.3. The molecule has 5 nitrogen and oxygen atoms in total. The Morgan fingerprint density at radius 1 is 1.62 bits per heavy atom. The van der Waals surface area contributed by atoms with Gasteiger partial charge in [-0.3, -0.25) is 9.78 Å². The predicted octanol–water partition coefficient (Wildman–Crippen LogP) is 0.568. The summed E-state index contributed by atoms with van der Waals surface area (Å²) >= 11 is 0. The van der Waals surface area contributed by atoms with Gasteiger partial charge in [0, 0.05) is 25.0 Å². The molecule has 0 aliphatic rings. The summed E-state index contributed by atoms with van der Waals surface area (Å²) in [5, 5.41) is 20.9. The highest BCUT2D eigenvalue weighted by Crippen LogP contribution is 2.09. The Kier molecular flexibility index (Phi) is 4.88. The number of nitrogens with zero attached hydrogens (tertiary/aromatic N) is 1. The number of carboxylic acid groups (broad SMARTS) is 1. The zero-order valence-electron chi connectivity index (χ0n) is 9.13. The van der Waals surface area contributed by atoms with Crippen LogP contribution in [0.25, 0.3) is 0 Å². The van der Waals surface area contributed by atoms with Crippen LogP contribution in [0.4, 0.5) is 0 Å². The Bertz CT molecular complexity index is 329. The Morgan fingerprint density at radius 2 is 2.38 bits per heavy atom. The third-order valence-electron chi connectivity index (χ3n) is 2.25. The first-order valence-electron chi connectivity index (χ1n) is 5.12. The number of aliphatic carboxylic acids is 1. The van der Waals surface area contributed by atoms with Crippen LogP contribution in [0.3, 0.4) is 0 Å². The van der Waals surface area contributed by atoms with Gasteiger partial charge in [-0.15, -0.1) is 0 Å². The maximum absolute atomic E-state index is 10.3. The van der Waals surface area contributed by atoms with Crippen LogP contribution in [0.1, 0.15) is 24.9 Å². The number of rotatable bonds is 6. The van der Waals surface area contributed by atoms with Crippen molar-refractivity contribution >= 4 is 5.97 Å². The molecule has 1 aromatic heterocycles. The van der Waals surface area contributed by atoms with Gasteiger partial charge in [0.25, 0.3) is 0 Å². The molecule has 0 radical (unpaired) electrons. The molecule has 0 amide bonds. The number of hydrogen-bond acceptors (Lipinski definition) is 4. The molecule has 1 heterocycles. The van der Waals surface area contributed by atoms with Crippen molar-refractivity contribution in [3.05, 3.63) is 30.1 Å². The number of hydrogen-bond donors (Lipinski definition) is 3. The van der Waals surface area contributed by atoms with E-state index in [1.54, 1.807) is 12.4 Å². The number of carboxylic acids is 1. The zero-order valence-corrected chi connectivity index (χ0v) is 9.13. The number of aliphatic hydroxyl groups is 1. The Morgan fingerprint density at radius 3 is 2.94 bits per heavy atom. The van der Waals surface area contributed by atoms with Crippen molar-refractivity contribution in [3.63, 3.8) is 0 Å². The van der Waals surface area contributed by atoms with Gasteiger partial charge in [-0.25, -0.2) is 0 Å². The minimum absolute atomic E-state index is 0.0390. The number of aliphatic hydroxyl groups excluding tert-OH is 1. The van der Waals surface area contributed by atoms with Crippen LogP contribution in [-0.4, -0.2) is 33.8 Å². The van der Waals surface area contributed by atoms with Crippen LogP contribution in [-0.2, 0) is 4.79 Å². The van der Waals surface area contributed by atoms with E-state index < -0.39 is 12.1 Å². The van der Waals surface area contributed by atoms with Crippen LogP contribution in [0.5, 0.6) is 0 Å². The van der Waals surface area contributed by atoms with E-state index in [-0.39, 0.29) is 19.0 Å². The summed E-state index contributed by atoms with van der Waals surface area (Å²) in [6.07, 6.45) is 2.32. The van der Waals surface area contributed by atoms with Gasteiger partial charge in [0.05, 0.1) is 12.5 Å². The minimum atomic E-state index is -0.997. The molecular weight excluding hydrogens is 208 g/mol. The highest BCUT2D eigenvalue weighted by molar-refractivity contribution is 5.67. The SMILES string of the molecule is C[C@@H](NCC(O)CC(=O)O)c1cccnc1. The second-order valence-corrected chi connectivity index (χ2v) is 3.67. The fraction of sp³-hybridized carbons (Fsp3) is 0.455. The van der Waals surface area contributed by atoms with E-state index in [9.17, 15) is 9.90 Å². The van der Waals surface area contributed by atoms with Gasteiger partial charge in [-0.2, -0.15) is 0 Å². The predicted molar refractivity (Wildman–Crippen MR) is 58.9 cm³/mol. The van der Waals surface area contributed by atoms with E-state index in [1.807, 2.05) is 19.1 Å². The van der Waals surface area contributed by atoms with Crippen LogP contribution >= 0.6 is 0 Å². The summed E-state index contributed by atoms with van der Waals surface area (Å²) in [7, 11) is 0. The zero-order chi connectivity index (χ0) is 12.0. The second-order valence-electron chi connectivity index (χ2n) is 3.67. The van der Waals surface area contributed by atoms with Crippen molar-refractivity contribution in [2.45, 2.75) is 25.5 Å². The minimum Gasteiger partial charge on any atom is -0.481 e. The lowest BCUT2D eigenvalue weighted by molar-refractivity contribution is -0.139. The van der Waals surface area contributed by atoms with E-state index in [0.29, 0.717) is 0 Å². The van der Waals surface area contributed by atoms with E-state index in [4.69, 9.17) is 5.11 Å². The van der Waals surface area contributed by atoms with E-state index >= 15 is 0 Å². The van der Waals surface area contributed by atoms with Crippen molar-refractivity contribution < 1.29 is 15.0 Å². The molecule has 5 heteroatoms. The van der Waals surface area contributed by atoms with E-state index in [0.717, 1.165) is 5.56 Å². The van der Waals surface area contributed by atoms with Crippen LogP contribution in [0, 0.1) is 0 Å². The molecule has 0 aliphatic carbocycles. The van der Waals surface area contributed by atoms with Crippen LogP contribution in [0.2, 0.25) is 0 Å². The Hall–Kier alpha value is -1.46. The molecule has 0 aliphatic heterocycles. The van der Waals surface area contributed by atoms with Gasteiger partial charge in [0.15, 0.2) is 0 Å². The van der Waals surface area contributed by atoms with Gasteiger partial charge < -0.3 is 15.5 Å². The number of pyridine rings is 1. The van der Waals surface area contributed by atoms with Gasteiger partial charge in [0.2, 0.25) is 0 Å². The largest absolute Gasteiger partial charge is 0.481 e. The second kappa shape index (κ2) is 6.19. The summed E-state index contributed by atoms with van der Waals surface area (Å²) in [5.74, 6) is -0.997. The number of aromatic nitrogens is 1. The van der Waals surface area contributed by atoms with Gasteiger partial charge in [0.1, 0.15) is 0 Å². The summed E-state index contributed by atoms with van der Waals surface area (Å²) in [6, 6.07) is 3.80. The molecule has 0 bridgehead atoms. The topological polar surface area (TPSA) is 82.5 Å². The van der Waals surface area contributed by atoms with Crippen LogP contribution in [0.15, 0.2) is 24.5 Å². The lowest BCUT2D eigenvalue weighted by atomic mass is 10.1.